The Balaban J connectivity index is 2.19. The van der Waals surface area contributed by atoms with Crippen LogP contribution in [-0.4, -0.2) is 20.4 Å². The summed E-state index contributed by atoms with van der Waals surface area (Å²) in [5, 5.41) is 0.163. The smallest absolute Gasteiger partial charge is 0.170 e. The van der Waals surface area contributed by atoms with E-state index in [-0.39, 0.29) is 11.3 Å². The van der Waals surface area contributed by atoms with Gasteiger partial charge < -0.3 is 5.73 Å². The lowest BCUT2D eigenvalue weighted by molar-refractivity contribution is 0.718. The van der Waals surface area contributed by atoms with E-state index in [9.17, 15) is 0 Å². The van der Waals surface area contributed by atoms with Gasteiger partial charge in [-0.25, -0.2) is 4.98 Å². The first kappa shape index (κ1) is 12.5. The van der Waals surface area contributed by atoms with Crippen LogP contribution in [0, 0.1) is 6.92 Å². The summed E-state index contributed by atoms with van der Waals surface area (Å²) in [5.74, 6) is 0.812. The average Bonchev–Trinajstić information content (AvgIpc) is 2.73. The van der Waals surface area contributed by atoms with E-state index in [1.807, 2.05) is 32.2 Å². The molecule has 0 aliphatic carbocycles. The average molecular weight is 266 g/mol. The van der Waals surface area contributed by atoms with Gasteiger partial charge in [-0.1, -0.05) is 17.8 Å². The van der Waals surface area contributed by atoms with Crippen molar-refractivity contribution in [3.8, 4) is 0 Å². The molecule has 2 aromatic rings. The van der Waals surface area contributed by atoms with Crippen molar-refractivity contribution in [3.63, 3.8) is 0 Å². The minimum atomic E-state index is 0.0356. The molecule has 0 aliphatic heterocycles. The van der Waals surface area contributed by atoms with Gasteiger partial charge in [0.1, 0.15) is 5.82 Å². The van der Waals surface area contributed by atoms with Gasteiger partial charge in [0.2, 0.25) is 0 Å². The summed E-state index contributed by atoms with van der Waals surface area (Å²) < 4.78 is 5.13. The molecule has 2 rings (SSSR count). The van der Waals surface area contributed by atoms with E-state index < -0.39 is 0 Å². The van der Waals surface area contributed by atoms with E-state index in [1.165, 1.54) is 11.5 Å². The van der Waals surface area contributed by atoms with Crippen LogP contribution >= 0.6 is 23.3 Å². The molecule has 2 aromatic heterocycles. The van der Waals surface area contributed by atoms with Crippen LogP contribution in [-0.2, 0) is 0 Å². The number of aryl methyl sites for hydroxylation is 1. The Morgan fingerprint density at radius 1 is 1.47 bits per heavy atom. The molecule has 0 saturated carbocycles. The van der Waals surface area contributed by atoms with E-state index in [0.29, 0.717) is 0 Å². The minimum absolute atomic E-state index is 0.0356. The first-order valence-electron chi connectivity index (χ1n) is 5.29. The highest BCUT2D eigenvalue weighted by molar-refractivity contribution is 8.01. The fourth-order valence-electron chi connectivity index (χ4n) is 1.46. The molecular weight excluding hydrogens is 252 g/mol. The SMILES string of the molecule is Cc1nsc(SC(c2cccnc2)C(C)N)n1. The van der Waals surface area contributed by atoms with Gasteiger partial charge >= 0.3 is 0 Å². The minimum Gasteiger partial charge on any atom is -0.327 e. The largest absolute Gasteiger partial charge is 0.327 e. The molecule has 0 radical (unpaired) electrons. The van der Waals surface area contributed by atoms with Crippen molar-refractivity contribution in [2.24, 2.45) is 5.73 Å². The Labute approximate surface area is 109 Å². The molecule has 0 bridgehead atoms. The molecule has 2 unspecified atom stereocenters. The lowest BCUT2D eigenvalue weighted by Crippen LogP contribution is -2.22. The fourth-order valence-corrected chi connectivity index (χ4v) is 3.37. The highest BCUT2D eigenvalue weighted by Crippen LogP contribution is 2.37. The number of nitrogens with two attached hydrogens (primary N) is 1. The molecule has 90 valence electrons. The summed E-state index contributed by atoms with van der Waals surface area (Å²) in [4.78, 5) is 8.49. The van der Waals surface area contributed by atoms with Gasteiger partial charge in [0.05, 0.1) is 5.25 Å². The van der Waals surface area contributed by atoms with Crippen molar-refractivity contribution in [1.82, 2.24) is 14.3 Å². The van der Waals surface area contributed by atoms with Crippen LogP contribution in [0.1, 0.15) is 23.6 Å². The van der Waals surface area contributed by atoms with E-state index in [2.05, 4.69) is 14.3 Å². The Hall–Kier alpha value is -0.980. The quantitative estimate of drug-likeness (QED) is 0.861. The van der Waals surface area contributed by atoms with Crippen LogP contribution < -0.4 is 5.73 Å². The maximum Gasteiger partial charge on any atom is 0.170 e. The number of hydrogen-bond acceptors (Lipinski definition) is 6. The summed E-state index contributed by atoms with van der Waals surface area (Å²) in [6, 6.07) is 4.01. The molecule has 0 aromatic carbocycles. The van der Waals surface area contributed by atoms with Crippen LogP contribution in [0.2, 0.25) is 0 Å². The third kappa shape index (κ3) is 3.24. The molecular formula is C11H14N4S2. The standard InChI is InChI=1S/C11H14N4S2/c1-7(12)10(9-4-3-5-13-6-9)16-11-14-8(2)15-17-11/h3-7,10H,12H2,1-2H3. The van der Waals surface area contributed by atoms with Gasteiger partial charge in [-0.3, -0.25) is 4.98 Å². The number of thioether (sulfide) groups is 1. The summed E-state index contributed by atoms with van der Waals surface area (Å²) in [7, 11) is 0. The van der Waals surface area contributed by atoms with Crippen molar-refractivity contribution in [2.75, 3.05) is 0 Å². The van der Waals surface area contributed by atoms with Crippen LogP contribution in [0.3, 0.4) is 0 Å². The monoisotopic (exact) mass is 266 g/mol. The second-order valence-corrected chi connectivity index (χ2v) is 5.93. The second-order valence-electron chi connectivity index (χ2n) is 3.79. The third-order valence-electron chi connectivity index (χ3n) is 2.23. The van der Waals surface area contributed by atoms with Crippen molar-refractivity contribution in [2.45, 2.75) is 29.5 Å². The summed E-state index contributed by atoms with van der Waals surface area (Å²) in [6.07, 6.45) is 3.62. The zero-order chi connectivity index (χ0) is 12.3. The zero-order valence-electron chi connectivity index (χ0n) is 9.70. The van der Waals surface area contributed by atoms with Crippen molar-refractivity contribution in [1.29, 1.82) is 0 Å². The second kappa shape index (κ2) is 5.57. The lowest BCUT2D eigenvalue weighted by Gasteiger charge is -2.18. The molecule has 17 heavy (non-hydrogen) atoms. The van der Waals surface area contributed by atoms with Crippen LogP contribution in [0.4, 0.5) is 0 Å². The summed E-state index contributed by atoms with van der Waals surface area (Å²) in [6.45, 7) is 3.89. The Kier molecular flexibility index (Phi) is 4.09. The van der Waals surface area contributed by atoms with Gasteiger partial charge in [0.25, 0.3) is 0 Å². The highest BCUT2D eigenvalue weighted by atomic mass is 32.2. The predicted molar refractivity (Wildman–Crippen MR) is 71.1 cm³/mol. The fraction of sp³-hybridized carbons (Fsp3) is 0.364. The van der Waals surface area contributed by atoms with Crippen LogP contribution in [0.5, 0.6) is 0 Å². The number of pyridine rings is 1. The lowest BCUT2D eigenvalue weighted by atomic mass is 10.1. The maximum absolute atomic E-state index is 6.03. The number of nitrogens with zero attached hydrogens (tertiary/aromatic N) is 3. The highest BCUT2D eigenvalue weighted by Gasteiger charge is 2.19. The molecule has 0 amide bonds. The molecule has 0 saturated heterocycles. The van der Waals surface area contributed by atoms with E-state index in [4.69, 9.17) is 5.73 Å². The molecule has 2 N–H and O–H groups in total. The maximum atomic E-state index is 6.03. The molecule has 4 nitrogen and oxygen atoms in total. The van der Waals surface area contributed by atoms with E-state index in [0.717, 1.165) is 15.7 Å². The van der Waals surface area contributed by atoms with Crippen molar-refractivity contribution in [3.05, 3.63) is 35.9 Å². The van der Waals surface area contributed by atoms with Gasteiger partial charge in [-0.05, 0) is 37.0 Å². The molecule has 0 aliphatic rings. The Morgan fingerprint density at radius 3 is 2.82 bits per heavy atom. The van der Waals surface area contributed by atoms with E-state index in [1.54, 1.807) is 18.0 Å². The third-order valence-corrected chi connectivity index (χ3v) is 4.59. The van der Waals surface area contributed by atoms with Gasteiger partial charge in [0, 0.05) is 18.4 Å². The number of aromatic nitrogens is 3. The summed E-state index contributed by atoms with van der Waals surface area (Å²) >= 11 is 3.07. The predicted octanol–water partition coefficient (Wildman–Crippen LogP) is 2.42. The van der Waals surface area contributed by atoms with Gasteiger partial charge in [-0.15, -0.1) is 0 Å². The molecule has 0 spiro atoms. The molecule has 6 heteroatoms. The Bertz CT molecular complexity index is 469. The Morgan fingerprint density at radius 2 is 2.29 bits per heavy atom. The van der Waals surface area contributed by atoms with E-state index >= 15 is 0 Å². The normalized spacial score (nSPS) is 14.5. The van der Waals surface area contributed by atoms with Crippen LogP contribution in [0.25, 0.3) is 0 Å². The topological polar surface area (TPSA) is 64.7 Å². The van der Waals surface area contributed by atoms with Crippen molar-refractivity contribution >= 4 is 23.3 Å². The molecule has 0 fully saturated rings. The van der Waals surface area contributed by atoms with Gasteiger partial charge in [-0.2, -0.15) is 4.37 Å². The van der Waals surface area contributed by atoms with Crippen LogP contribution in [0.15, 0.2) is 28.9 Å². The molecule has 2 atom stereocenters. The van der Waals surface area contributed by atoms with Crippen molar-refractivity contribution < 1.29 is 0 Å². The zero-order valence-corrected chi connectivity index (χ0v) is 11.3. The van der Waals surface area contributed by atoms with Gasteiger partial charge in [0.15, 0.2) is 4.34 Å². The first-order chi connectivity index (χ1) is 8.16. The number of hydrogen-bond donors (Lipinski definition) is 1. The molecule has 2 heterocycles. The first-order valence-corrected chi connectivity index (χ1v) is 6.94. The number of rotatable bonds is 4. The summed E-state index contributed by atoms with van der Waals surface area (Å²) in [5.41, 5.74) is 7.16.